The van der Waals surface area contributed by atoms with Crippen LogP contribution in [0.15, 0.2) is 53.7 Å². The summed E-state index contributed by atoms with van der Waals surface area (Å²) in [5, 5.41) is 11.9. The number of benzene rings is 1. The second-order valence-electron chi connectivity index (χ2n) is 11.1. The van der Waals surface area contributed by atoms with Crippen LogP contribution in [0.2, 0.25) is 0 Å². The second kappa shape index (κ2) is 10.0. The van der Waals surface area contributed by atoms with Crippen LogP contribution in [0.25, 0.3) is 16.7 Å². The van der Waals surface area contributed by atoms with E-state index in [0.717, 1.165) is 44.3 Å². The van der Waals surface area contributed by atoms with Gasteiger partial charge in [-0.05, 0) is 50.3 Å². The molecular formula is C29H35N5O4. The average molecular weight is 518 g/mol. The van der Waals surface area contributed by atoms with E-state index >= 15 is 0 Å². The Morgan fingerprint density at radius 1 is 1.00 bits per heavy atom. The lowest BCUT2D eigenvalue weighted by Gasteiger charge is -2.43. The minimum atomic E-state index is -1.09. The molecule has 2 amide bonds. The van der Waals surface area contributed by atoms with Gasteiger partial charge in [-0.2, -0.15) is 0 Å². The Balaban J connectivity index is 1.14. The zero-order chi connectivity index (χ0) is 26.3. The maximum absolute atomic E-state index is 13.6. The van der Waals surface area contributed by atoms with Crippen molar-refractivity contribution in [2.24, 2.45) is 5.92 Å². The van der Waals surface area contributed by atoms with Crippen LogP contribution in [0.4, 0.5) is 0 Å². The van der Waals surface area contributed by atoms with Crippen molar-refractivity contribution in [3.05, 3.63) is 59.3 Å². The molecule has 4 heterocycles. The Labute approximate surface area is 221 Å². The third-order valence-corrected chi connectivity index (χ3v) is 8.73. The average Bonchev–Trinajstić information content (AvgIpc) is 3.57. The van der Waals surface area contributed by atoms with Gasteiger partial charge in [0.25, 0.3) is 5.56 Å². The number of likely N-dealkylation sites (tertiary alicyclic amines) is 2. The van der Waals surface area contributed by atoms with Gasteiger partial charge < -0.3 is 19.5 Å². The lowest BCUT2D eigenvalue weighted by molar-refractivity contribution is -0.145. The standard InChI is InChI=1S/C29H35N5O4/c35-25-11-6-15-34(25)24-10-5-4-9-22(24)27(36)31-17-13-29(38,14-18-31)19-32-20-30-26-23(28(32)37)12-16-33(26)21-7-2-1-3-8-21/h1-3,7-8,12,16,20,22,24,38H,4-6,9-11,13-15,17-19H2/t22-,24-/m1/s1. The molecule has 1 aromatic carbocycles. The first-order valence-corrected chi connectivity index (χ1v) is 13.9. The first-order valence-electron chi connectivity index (χ1n) is 13.9. The number of fused-ring (bicyclic) bond motifs is 1. The molecule has 2 aromatic heterocycles. The minimum absolute atomic E-state index is 0.00614. The summed E-state index contributed by atoms with van der Waals surface area (Å²) in [6.45, 7) is 1.79. The molecule has 2 saturated heterocycles. The number of carbonyl (C=O) groups excluding carboxylic acids is 2. The third kappa shape index (κ3) is 4.53. The number of carbonyl (C=O) groups is 2. The highest BCUT2D eigenvalue weighted by Crippen LogP contribution is 2.34. The Hall–Kier alpha value is -3.46. The predicted octanol–water partition coefficient (Wildman–Crippen LogP) is 2.72. The molecule has 38 heavy (non-hydrogen) atoms. The summed E-state index contributed by atoms with van der Waals surface area (Å²) in [5.74, 6) is 0.136. The first kappa shape index (κ1) is 24.9. The van der Waals surface area contributed by atoms with Crippen molar-refractivity contribution in [2.75, 3.05) is 19.6 Å². The van der Waals surface area contributed by atoms with E-state index in [1.54, 1.807) is 6.07 Å². The summed E-state index contributed by atoms with van der Waals surface area (Å²) >= 11 is 0. The molecule has 200 valence electrons. The summed E-state index contributed by atoms with van der Waals surface area (Å²) in [5.41, 5.74) is 0.243. The van der Waals surface area contributed by atoms with E-state index in [9.17, 15) is 19.5 Å². The van der Waals surface area contributed by atoms with Gasteiger partial charge in [0.2, 0.25) is 11.8 Å². The van der Waals surface area contributed by atoms with Crippen LogP contribution in [-0.2, 0) is 16.1 Å². The molecule has 1 N–H and O–H groups in total. The van der Waals surface area contributed by atoms with Crippen LogP contribution in [-0.4, -0.2) is 72.1 Å². The highest BCUT2D eigenvalue weighted by Gasteiger charge is 2.42. The molecule has 6 rings (SSSR count). The van der Waals surface area contributed by atoms with Crippen LogP contribution in [0.1, 0.15) is 51.4 Å². The van der Waals surface area contributed by atoms with Gasteiger partial charge in [-0.1, -0.05) is 31.0 Å². The molecule has 0 unspecified atom stereocenters. The van der Waals surface area contributed by atoms with Crippen LogP contribution in [0.3, 0.4) is 0 Å². The lowest BCUT2D eigenvalue weighted by Crippen LogP contribution is -2.54. The number of piperidine rings is 1. The topological polar surface area (TPSA) is 101 Å². The van der Waals surface area contributed by atoms with Crippen molar-refractivity contribution in [1.82, 2.24) is 23.9 Å². The highest BCUT2D eigenvalue weighted by atomic mass is 16.3. The Kier molecular flexibility index (Phi) is 6.55. The predicted molar refractivity (Wildman–Crippen MR) is 143 cm³/mol. The molecule has 0 bridgehead atoms. The number of aliphatic hydroxyl groups is 1. The summed E-state index contributed by atoms with van der Waals surface area (Å²) in [4.78, 5) is 47.6. The lowest BCUT2D eigenvalue weighted by atomic mass is 9.81. The largest absolute Gasteiger partial charge is 0.388 e. The van der Waals surface area contributed by atoms with Crippen molar-refractivity contribution in [1.29, 1.82) is 0 Å². The first-order chi connectivity index (χ1) is 18.4. The van der Waals surface area contributed by atoms with E-state index in [4.69, 9.17) is 0 Å². The molecular weight excluding hydrogens is 482 g/mol. The molecule has 9 nitrogen and oxygen atoms in total. The van der Waals surface area contributed by atoms with Crippen LogP contribution in [0.5, 0.6) is 0 Å². The fourth-order valence-electron chi connectivity index (χ4n) is 6.61. The fourth-order valence-corrected chi connectivity index (χ4v) is 6.61. The Bertz CT molecular complexity index is 1390. The summed E-state index contributed by atoms with van der Waals surface area (Å²) in [6, 6.07) is 11.5. The zero-order valence-corrected chi connectivity index (χ0v) is 21.7. The molecule has 2 atom stereocenters. The summed E-state index contributed by atoms with van der Waals surface area (Å²) in [7, 11) is 0. The SMILES string of the molecule is O=C([C@@H]1CCCC[C@H]1N1CCCC1=O)N1CCC(O)(Cn2cnc3c(ccn3-c3ccccc3)c2=O)CC1. The normalized spacial score (nSPS) is 23.8. The van der Waals surface area contributed by atoms with Crippen molar-refractivity contribution in [2.45, 2.75) is 69.6 Å². The quantitative estimate of drug-likeness (QED) is 0.561. The van der Waals surface area contributed by atoms with Gasteiger partial charge in [-0.3, -0.25) is 19.0 Å². The molecule has 0 radical (unpaired) electrons. The molecule has 9 heteroatoms. The van der Waals surface area contributed by atoms with E-state index in [1.807, 2.05) is 50.9 Å². The van der Waals surface area contributed by atoms with Crippen LogP contribution >= 0.6 is 0 Å². The van der Waals surface area contributed by atoms with Crippen molar-refractivity contribution >= 4 is 22.8 Å². The van der Waals surface area contributed by atoms with E-state index in [0.29, 0.717) is 43.4 Å². The molecule has 3 aliphatic rings. The van der Waals surface area contributed by atoms with Crippen LogP contribution < -0.4 is 5.56 Å². The smallest absolute Gasteiger partial charge is 0.262 e. The van der Waals surface area contributed by atoms with E-state index in [-0.39, 0.29) is 35.9 Å². The summed E-state index contributed by atoms with van der Waals surface area (Å²) in [6.07, 6.45) is 9.39. The highest BCUT2D eigenvalue weighted by molar-refractivity contribution is 5.83. The van der Waals surface area contributed by atoms with Gasteiger partial charge in [0.15, 0.2) is 5.65 Å². The number of rotatable bonds is 5. The molecule has 1 saturated carbocycles. The number of nitrogens with zero attached hydrogens (tertiary/aromatic N) is 5. The minimum Gasteiger partial charge on any atom is -0.388 e. The van der Waals surface area contributed by atoms with Gasteiger partial charge in [-0.15, -0.1) is 0 Å². The maximum Gasteiger partial charge on any atom is 0.262 e. The number of amides is 2. The molecule has 1 aliphatic carbocycles. The number of aromatic nitrogens is 3. The molecule has 2 aliphatic heterocycles. The van der Waals surface area contributed by atoms with Gasteiger partial charge in [0.05, 0.1) is 23.4 Å². The van der Waals surface area contributed by atoms with Gasteiger partial charge >= 0.3 is 0 Å². The van der Waals surface area contributed by atoms with E-state index < -0.39 is 5.60 Å². The third-order valence-electron chi connectivity index (χ3n) is 8.73. The second-order valence-corrected chi connectivity index (χ2v) is 11.1. The summed E-state index contributed by atoms with van der Waals surface area (Å²) < 4.78 is 3.37. The monoisotopic (exact) mass is 517 g/mol. The number of hydrogen-bond donors (Lipinski definition) is 1. The van der Waals surface area contributed by atoms with E-state index in [1.165, 1.54) is 10.9 Å². The van der Waals surface area contributed by atoms with Gasteiger partial charge in [0, 0.05) is 44.0 Å². The van der Waals surface area contributed by atoms with Crippen molar-refractivity contribution in [3.63, 3.8) is 0 Å². The van der Waals surface area contributed by atoms with E-state index in [2.05, 4.69) is 4.98 Å². The zero-order valence-electron chi connectivity index (χ0n) is 21.7. The van der Waals surface area contributed by atoms with Gasteiger partial charge in [-0.25, -0.2) is 4.98 Å². The fraction of sp³-hybridized carbons (Fsp3) is 0.517. The van der Waals surface area contributed by atoms with Crippen LogP contribution in [0, 0.1) is 5.92 Å². The van der Waals surface area contributed by atoms with Crippen molar-refractivity contribution < 1.29 is 14.7 Å². The molecule has 3 aromatic rings. The molecule has 3 fully saturated rings. The molecule has 0 spiro atoms. The van der Waals surface area contributed by atoms with Crippen molar-refractivity contribution in [3.8, 4) is 5.69 Å². The number of hydrogen-bond acceptors (Lipinski definition) is 5. The Morgan fingerprint density at radius 3 is 2.50 bits per heavy atom. The maximum atomic E-state index is 13.6. The Morgan fingerprint density at radius 2 is 1.76 bits per heavy atom. The number of para-hydroxylation sites is 1. The van der Waals surface area contributed by atoms with Gasteiger partial charge in [0.1, 0.15) is 6.33 Å².